The van der Waals surface area contributed by atoms with Crippen LogP contribution < -0.4 is 10.7 Å². The van der Waals surface area contributed by atoms with E-state index in [0.29, 0.717) is 13.1 Å². The van der Waals surface area contributed by atoms with Gasteiger partial charge in [-0.2, -0.15) is 0 Å². The molecular weight excluding hydrogens is 427 g/mol. The number of fused-ring (bicyclic) bond motifs is 2. The lowest BCUT2D eigenvalue weighted by Crippen LogP contribution is -2.55. The molecule has 1 aromatic heterocycles. The molecule has 0 bridgehead atoms. The minimum atomic E-state index is -0.940. The zero-order chi connectivity index (χ0) is 22.3. The van der Waals surface area contributed by atoms with Gasteiger partial charge in [0.2, 0.25) is 5.43 Å². The fourth-order valence-electron chi connectivity index (χ4n) is 4.10. The summed E-state index contributed by atoms with van der Waals surface area (Å²) in [5, 5.41) is 12.9. The number of carbonyl (C=O) groups is 2. The molecule has 2 N–H and O–H groups in total. The maximum absolute atomic E-state index is 14.1. The third-order valence-corrected chi connectivity index (χ3v) is 6.12. The number of aromatic hydroxyl groups is 1. The predicted octanol–water partition coefficient (Wildman–Crippen LogP) is 1.78. The first-order chi connectivity index (χ1) is 14.8. The molecule has 164 valence electrons. The van der Waals surface area contributed by atoms with Crippen molar-refractivity contribution < 1.29 is 19.1 Å². The van der Waals surface area contributed by atoms with Gasteiger partial charge in [-0.15, -0.1) is 0 Å². The third kappa shape index (κ3) is 3.79. The molecular formula is C21H22ClFN4O4. The minimum absolute atomic E-state index is 0.0752. The molecule has 1 unspecified atom stereocenters. The van der Waals surface area contributed by atoms with Crippen molar-refractivity contribution in [3.05, 3.63) is 62.3 Å². The maximum Gasteiger partial charge on any atom is 0.275 e. The Morgan fingerprint density at radius 3 is 2.81 bits per heavy atom. The Balaban J connectivity index is 1.64. The zero-order valence-corrected chi connectivity index (χ0v) is 17.7. The molecule has 2 amide bonds. The highest BCUT2D eigenvalue weighted by Gasteiger charge is 2.38. The van der Waals surface area contributed by atoms with Crippen LogP contribution in [0.5, 0.6) is 5.75 Å². The lowest BCUT2D eigenvalue weighted by molar-refractivity contribution is 0.0304. The number of hydrogen-bond donors (Lipinski definition) is 2. The Morgan fingerprint density at radius 1 is 1.29 bits per heavy atom. The number of nitrogens with one attached hydrogen (secondary N) is 1. The Bertz CT molecular complexity index is 1120. The summed E-state index contributed by atoms with van der Waals surface area (Å²) in [7, 11) is 1.91. The predicted molar refractivity (Wildman–Crippen MR) is 112 cm³/mol. The monoisotopic (exact) mass is 448 g/mol. The second-order valence-electron chi connectivity index (χ2n) is 7.78. The number of pyridine rings is 1. The van der Waals surface area contributed by atoms with Crippen LogP contribution in [0.4, 0.5) is 4.39 Å². The molecule has 31 heavy (non-hydrogen) atoms. The molecule has 10 heteroatoms. The highest BCUT2D eigenvalue weighted by Crippen LogP contribution is 2.27. The van der Waals surface area contributed by atoms with Gasteiger partial charge in [-0.3, -0.25) is 19.3 Å². The van der Waals surface area contributed by atoms with Gasteiger partial charge in [0, 0.05) is 24.8 Å². The SMILES string of the molecule is CN1CCCCN2C(=O)c3c(O)c(=O)c(C(=O)NCc4cccc(Cl)c4F)cn3CC12. The molecule has 2 aromatic rings. The molecule has 2 aliphatic rings. The molecule has 2 aliphatic heterocycles. The second kappa shape index (κ2) is 8.32. The molecule has 0 radical (unpaired) electrons. The largest absolute Gasteiger partial charge is 0.503 e. The summed E-state index contributed by atoms with van der Waals surface area (Å²) in [6.07, 6.45) is 2.82. The van der Waals surface area contributed by atoms with E-state index in [1.165, 1.54) is 22.9 Å². The van der Waals surface area contributed by atoms with E-state index in [-0.39, 0.29) is 34.6 Å². The molecule has 0 spiro atoms. The fraction of sp³-hybridized carbons (Fsp3) is 0.381. The van der Waals surface area contributed by atoms with Crippen LogP contribution in [0.1, 0.15) is 39.3 Å². The van der Waals surface area contributed by atoms with E-state index in [1.807, 2.05) is 11.9 Å². The molecule has 1 aromatic carbocycles. The highest BCUT2D eigenvalue weighted by molar-refractivity contribution is 6.30. The molecule has 1 saturated heterocycles. The first-order valence-electron chi connectivity index (χ1n) is 9.98. The van der Waals surface area contributed by atoms with E-state index in [2.05, 4.69) is 5.32 Å². The van der Waals surface area contributed by atoms with Crippen molar-refractivity contribution in [2.45, 2.75) is 32.1 Å². The minimum Gasteiger partial charge on any atom is -0.503 e. The van der Waals surface area contributed by atoms with E-state index in [0.717, 1.165) is 19.4 Å². The lowest BCUT2D eigenvalue weighted by Gasteiger charge is -2.40. The number of halogens is 2. The molecule has 3 heterocycles. The summed E-state index contributed by atoms with van der Waals surface area (Å²) in [5.74, 6) is -2.62. The van der Waals surface area contributed by atoms with E-state index in [1.54, 1.807) is 11.0 Å². The van der Waals surface area contributed by atoms with Crippen LogP contribution in [0.2, 0.25) is 5.02 Å². The van der Waals surface area contributed by atoms with Crippen LogP contribution in [-0.2, 0) is 13.1 Å². The van der Waals surface area contributed by atoms with Crippen molar-refractivity contribution in [3.8, 4) is 5.75 Å². The van der Waals surface area contributed by atoms with Crippen molar-refractivity contribution >= 4 is 23.4 Å². The highest BCUT2D eigenvalue weighted by atomic mass is 35.5. The van der Waals surface area contributed by atoms with E-state index < -0.39 is 28.8 Å². The van der Waals surface area contributed by atoms with Gasteiger partial charge in [0.15, 0.2) is 11.4 Å². The Morgan fingerprint density at radius 2 is 2.03 bits per heavy atom. The van der Waals surface area contributed by atoms with Gasteiger partial charge < -0.3 is 19.9 Å². The smallest absolute Gasteiger partial charge is 0.275 e. The number of aromatic nitrogens is 1. The quantitative estimate of drug-likeness (QED) is 0.746. The van der Waals surface area contributed by atoms with Gasteiger partial charge in [0.1, 0.15) is 17.5 Å². The second-order valence-corrected chi connectivity index (χ2v) is 8.19. The number of benzene rings is 1. The summed E-state index contributed by atoms with van der Waals surface area (Å²) in [6, 6.07) is 4.40. The first kappa shape index (κ1) is 21.3. The standard InChI is InChI=1S/C21H22ClFN4O4/c1-25-7-2-3-8-27-15(25)11-26-10-13(18(28)19(29)17(26)21(27)31)20(30)24-9-12-5-4-6-14(22)16(12)23/h4-6,10,15,29H,2-3,7-9,11H2,1H3,(H,24,30). The molecule has 4 rings (SSSR count). The van der Waals surface area contributed by atoms with Crippen molar-refractivity contribution in [2.75, 3.05) is 20.1 Å². The Hall–Kier alpha value is -2.91. The van der Waals surface area contributed by atoms with Gasteiger partial charge in [-0.25, -0.2) is 4.39 Å². The first-order valence-corrected chi connectivity index (χ1v) is 10.4. The van der Waals surface area contributed by atoms with Crippen molar-refractivity contribution in [1.29, 1.82) is 0 Å². The summed E-state index contributed by atoms with van der Waals surface area (Å²) in [5.41, 5.74) is -1.21. The molecule has 1 fully saturated rings. The van der Waals surface area contributed by atoms with Gasteiger partial charge in [-0.05, 0) is 32.5 Å². The van der Waals surface area contributed by atoms with Crippen molar-refractivity contribution in [3.63, 3.8) is 0 Å². The van der Waals surface area contributed by atoms with Crippen LogP contribution in [0.25, 0.3) is 0 Å². The third-order valence-electron chi connectivity index (χ3n) is 5.82. The molecule has 0 aliphatic carbocycles. The van der Waals surface area contributed by atoms with Crippen LogP contribution >= 0.6 is 11.6 Å². The Labute approximate surface area is 182 Å². The van der Waals surface area contributed by atoms with E-state index in [9.17, 15) is 23.9 Å². The number of rotatable bonds is 3. The van der Waals surface area contributed by atoms with E-state index in [4.69, 9.17) is 11.6 Å². The average molecular weight is 449 g/mol. The summed E-state index contributed by atoms with van der Waals surface area (Å²) < 4.78 is 15.5. The zero-order valence-electron chi connectivity index (χ0n) is 16.9. The number of likely N-dealkylation sites (N-methyl/N-ethyl adjacent to an activating group) is 1. The van der Waals surface area contributed by atoms with Gasteiger partial charge >= 0.3 is 0 Å². The summed E-state index contributed by atoms with van der Waals surface area (Å²) in [6.45, 7) is 1.48. The van der Waals surface area contributed by atoms with E-state index >= 15 is 0 Å². The molecule has 8 nitrogen and oxygen atoms in total. The topological polar surface area (TPSA) is 94.9 Å². The summed E-state index contributed by atoms with van der Waals surface area (Å²) >= 11 is 5.75. The Kier molecular flexibility index (Phi) is 5.72. The number of amides is 2. The fourth-order valence-corrected chi connectivity index (χ4v) is 4.30. The number of hydrogen-bond acceptors (Lipinski definition) is 5. The van der Waals surface area contributed by atoms with Crippen LogP contribution in [0, 0.1) is 5.82 Å². The number of nitrogens with zero attached hydrogens (tertiary/aromatic N) is 3. The normalized spacial score (nSPS) is 18.9. The molecule has 1 atom stereocenters. The number of carbonyl (C=O) groups excluding carboxylic acids is 2. The van der Waals surface area contributed by atoms with Gasteiger partial charge in [0.25, 0.3) is 11.8 Å². The van der Waals surface area contributed by atoms with Crippen molar-refractivity contribution in [2.24, 2.45) is 0 Å². The maximum atomic E-state index is 14.1. The average Bonchev–Trinajstić information content (AvgIpc) is 2.93. The van der Waals surface area contributed by atoms with Crippen LogP contribution in [-0.4, -0.2) is 57.6 Å². The van der Waals surface area contributed by atoms with Gasteiger partial charge in [-0.1, -0.05) is 23.7 Å². The molecule has 0 saturated carbocycles. The van der Waals surface area contributed by atoms with Crippen LogP contribution in [0.15, 0.2) is 29.2 Å². The van der Waals surface area contributed by atoms with Crippen LogP contribution in [0.3, 0.4) is 0 Å². The summed E-state index contributed by atoms with van der Waals surface area (Å²) in [4.78, 5) is 42.0. The van der Waals surface area contributed by atoms with Crippen molar-refractivity contribution in [1.82, 2.24) is 19.7 Å². The lowest BCUT2D eigenvalue weighted by atomic mass is 10.1. The van der Waals surface area contributed by atoms with Gasteiger partial charge in [0.05, 0.1) is 11.6 Å².